The van der Waals surface area contributed by atoms with E-state index in [9.17, 15) is 29.1 Å². The maximum absolute atomic E-state index is 12.4. The molecule has 0 spiro atoms. The van der Waals surface area contributed by atoms with Gasteiger partial charge in [-0.3, -0.25) is 24.1 Å². The molecule has 2 saturated heterocycles. The quantitative estimate of drug-likeness (QED) is 0.395. The molecule has 1 aromatic carbocycles. The molecule has 2 unspecified atom stereocenters. The van der Waals surface area contributed by atoms with E-state index >= 15 is 0 Å². The molecule has 4 atom stereocenters. The monoisotopic (exact) mass is 468 g/mol. The number of rotatable bonds is 10. The number of carbonyl (C=O) groups is 5. The van der Waals surface area contributed by atoms with Gasteiger partial charge in [0.1, 0.15) is 17.2 Å². The number of ketones is 1. The maximum atomic E-state index is 12.4. The minimum absolute atomic E-state index is 0.0614. The Balaban J connectivity index is 1.59. The molecule has 2 amide bonds. The zero-order valence-electron chi connectivity index (χ0n) is 16.1. The number of amides is 2. The van der Waals surface area contributed by atoms with E-state index in [1.807, 2.05) is 0 Å². The lowest BCUT2D eigenvalue weighted by atomic mass is 10.1. The lowest BCUT2D eigenvalue weighted by molar-refractivity contribution is -0.178. The summed E-state index contributed by atoms with van der Waals surface area (Å²) < 4.78 is 5.32. The SMILES string of the molecule is O=C(COc1ccccc1)N[C@@H]1C(=O)N(C(O)C(=O)O)[C@@H]1SCC(=O)C1CCC(=O)S1. The van der Waals surface area contributed by atoms with Crippen LogP contribution in [0.2, 0.25) is 0 Å². The van der Waals surface area contributed by atoms with Gasteiger partial charge < -0.3 is 20.3 Å². The molecule has 166 valence electrons. The Morgan fingerprint density at radius 1 is 1.26 bits per heavy atom. The summed E-state index contributed by atoms with van der Waals surface area (Å²) in [6.45, 7) is -0.369. The molecule has 0 bridgehead atoms. The number of carboxylic acid groups (broad SMARTS) is 1. The third kappa shape index (κ3) is 5.57. The van der Waals surface area contributed by atoms with Gasteiger partial charge in [-0.05, 0) is 18.6 Å². The first kappa shape index (κ1) is 23.1. The van der Waals surface area contributed by atoms with E-state index in [0.717, 1.165) is 23.5 Å². The Kier molecular flexibility index (Phi) is 7.57. The van der Waals surface area contributed by atoms with Crippen LogP contribution in [0.3, 0.4) is 0 Å². The van der Waals surface area contributed by atoms with Crippen LogP contribution in [0.15, 0.2) is 30.3 Å². The summed E-state index contributed by atoms with van der Waals surface area (Å²) in [6, 6.07) is 7.44. The van der Waals surface area contributed by atoms with Gasteiger partial charge in [0.15, 0.2) is 17.5 Å². The fourth-order valence-electron chi connectivity index (χ4n) is 3.07. The van der Waals surface area contributed by atoms with Crippen LogP contribution in [0.5, 0.6) is 5.75 Å². The van der Waals surface area contributed by atoms with Crippen molar-refractivity contribution in [3.8, 4) is 5.75 Å². The molecule has 0 aromatic heterocycles. The summed E-state index contributed by atoms with van der Waals surface area (Å²) in [7, 11) is 0. The topological polar surface area (TPSA) is 150 Å². The van der Waals surface area contributed by atoms with Crippen LogP contribution >= 0.6 is 23.5 Å². The summed E-state index contributed by atoms with van der Waals surface area (Å²) in [5.41, 5.74) is 0. The molecule has 10 nitrogen and oxygen atoms in total. The van der Waals surface area contributed by atoms with Gasteiger partial charge >= 0.3 is 5.97 Å². The molecule has 0 radical (unpaired) electrons. The van der Waals surface area contributed by atoms with Crippen molar-refractivity contribution in [1.82, 2.24) is 10.2 Å². The number of aliphatic hydroxyl groups is 1. The van der Waals surface area contributed by atoms with E-state index in [2.05, 4.69) is 5.32 Å². The normalized spacial score (nSPS) is 23.8. The zero-order valence-corrected chi connectivity index (χ0v) is 17.8. The van der Waals surface area contributed by atoms with Gasteiger partial charge in [0, 0.05) is 6.42 Å². The molecule has 3 N–H and O–H groups in total. The highest BCUT2D eigenvalue weighted by Gasteiger charge is 2.53. The number of carboxylic acids is 1. The van der Waals surface area contributed by atoms with E-state index in [1.165, 1.54) is 0 Å². The second kappa shape index (κ2) is 10.2. The molecule has 31 heavy (non-hydrogen) atoms. The van der Waals surface area contributed by atoms with Crippen molar-refractivity contribution in [2.75, 3.05) is 12.4 Å². The highest BCUT2D eigenvalue weighted by atomic mass is 32.2. The Hall–Kier alpha value is -2.57. The fourth-order valence-corrected chi connectivity index (χ4v) is 5.47. The fraction of sp³-hybridized carbons (Fsp3) is 0.421. The number of para-hydroxylation sites is 1. The number of nitrogens with one attached hydrogen (secondary N) is 1. The average Bonchev–Trinajstić information content (AvgIpc) is 3.19. The molecule has 3 rings (SSSR count). The lowest BCUT2D eigenvalue weighted by Gasteiger charge is -2.47. The Bertz CT molecular complexity index is 881. The minimum Gasteiger partial charge on any atom is -0.484 e. The van der Waals surface area contributed by atoms with Gasteiger partial charge in [0.25, 0.3) is 11.8 Å². The summed E-state index contributed by atoms with van der Waals surface area (Å²) in [5, 5.41) is 19.8. The second-order valence-electron chi connectivity index (χ2n) is 6.79. The zero-order chi connectivity index (χ0) is 22.5. The van der Waals surface area contributed by atoms with E-state index in [1.54, 1.807) is 30.3 Å². The lowest BCUT2D eigenvalue weighted by Crippen LogP contribution is -2.73. The first-order valence-corrected chi connectivity index (χ1v) is 11.2. The number of β-lactam (4-membered cyclic amide) rings is 1. The molecule has 2 aliphatic heterocycles. The second-order valence-corrected chi connectivity index (χ2v) is 9.15. The van der Waals surface area contributed by atoms with Crippen molar-refractivity contribution in [3.63, 3.8) is 0 Å². The summed E-state index contributed by atoms with van der Waals surface area (Å²) in [6.07, 6.45) is -1.35. The van der Waals surface area contributed by atoms with Gasteiger partial charge in [-0.15, -0.1) is 11.8 Å². The molecule has 0 saturated carbocycles. The smallest absolute Gasteiger partial charge is 0.354 e. The summed E-state index contributed by atoms with van der Waals surface area (Å²) in [4.78, 5) is 60.1. The third-order valence-corrected chi connectivity index (χ3v) is 7.18. The Morgan fingerprint density at radius 3 is 2.58 bits per heavy atom. The number of hydrogen-bond donors (Lipinski definition) is 3. The van der Waals surface area contributed by atoms with Gasteiger partial charge in [0.05, 0.1) is 11.0 Å². The van der Waals surface area contributed by atoms with E-state index in [4.69, 9.17) is 9.84 Å². The van der Waals surface area contributed by atoms with Gasteiger partial charge in [-0.2, -0.15) is 0 Å². The van der Waals surface area contributed by atoms with Gasteiger partial charge in [-0.25, -0.2) is 4.79 Å². The standard InChI is InChI=1S/C19H20N2O8S2/c22-11(12-6-7-14(24)31-12)9-30-18-15(16(25)21(18)17(26)19(27)28)20-13(23)8-29-10-4-2-1-3-5-10/h1-5,12,15,17-18,26H,6-9H2,(H,20,23)(H,27,28)/t12?,15-,17?,18-/m1/s1. The van der Waals surface area contributed by atoms with Crippen LogP contribution < -0.4 is 10.1 Å². The highest BCUT2D eigenvalue weighted by molar-refractivity contribution is 8.15. The van der Waals surface area contributed by atoms with Crippen LogP contribution in [-0.2, 0) is 24.0 Å². The number of aliphatic hydroxyl groups excluding tert-OH is 1. The van der Waals surface area contributed by atoms with E-state index in [-0.39, 0.29) is 23.3 Å². The average molecular weight is 469 g/mol. The maximum Gasteiger partial charge on any atom is 0.354 e. The Morgan fingerprint density at radius 2 is 1.97 bits per heavy atom. The predicted molar refractivity (Wildman–Crippen MR) is 111 cm³/mol. The minimum atomic E-state index is -2.10. The molecule has 12 heteroatoms. The van der Waals surface area contributed by atoms with Crippen molar-refractivity contribution in [3.05, 3.63) is 30.3 Å². The van der Waals surface area contributed by atoms with E-state index in [0.29, 0.717) is 23.5 Å². The number of likely N-dealkylation sites (tertiary alicyclic amines) is 1. The molecule has 2 heterocycles. The number of nitrogens with zero attached hydrogens (tertiary/aromatic N) is 1. The molecule has 2 fully saturated rings. The number of aliphatic carboxylic acids is 1. The van der Waals surface area contributed by atoms with Crippen molar-refractivity contribution in [2.24, 2.45) is 0 Å². The third-order valence-electron chi connectivity index (χ3n) is 4.63. The van der Waals surface area contributed by atoms with Crippen LogP contribution in [0.25, 0.3) is 0 Å². The van der Waals surface area contributed by atoms with E-state index < -0.39 is 40.7 Å². The molecular formula is C19H20N2O8S2. The largest absolute Gasteiger partial charge is 0.484 e. The number of ether oxygens (including phenoxy) is 1. The summed E-state index contributed by atoms with van der Waals surface area (Å²) in [5.74, 6) is -2.88. The number of thioether (sulfide) groups is 2. The molecule has 0 aliphatic carbocycles. The van der Waals surface area contributed by atoms with Gasteiger partial charge in [-0.1, -0.05) is 30.0 Å². The van der Waals surface area contributed by atoms with Crippen molar-refractivity contribution in [1.29, 1.82) is 0 Å². The Labute approximate surface area is 185 Å². The van der Waals surface area contributed by atoms with Crippen molar-refractivity contribution >= 4 is 52.2 Å². The highest BCUT2D eigenvalue weighted by Crippen LogP contribution is 2.34. The van der Waals surface area contributed by atoms with Crippen LogP contribution in [0.1, 0.15) is 12.8 Å². The predicted octanol–water partition coefficient (Wildman–Crippen LogP) is -0.154. The first-order chi connectivity index (χ1) is 14.8. The number of benzene rings is 1. The van der Waals surface area contributed by atoms with Crippen LogP contribution in [-0.4, -0.2) is 79.0 Å². The number of hydrogen-bond acceptors (Lipinski definition) is 9. The first-order valence-electron chi connectivity index (χ1n) is 9.32. The van der Waals surface area contributed by atoms with Crippen LogP contribution in [0, 0.1) is 0 Å². The molecule has 2 aliphatic rings. The van der Waals surface area contributed by atoms with Crippen LogP contribution in [0.4, 0.5) is 0 Å². The van der Waals surface area contributed by atoms with Gasteiger partial charge in [0.2, 0.25) is 6.23 Å². The number of Topliss-reactive ketones (excluding diaryl/α,β-unsaturated/α-hetero) is 1. The molecule has 1 aromatic rings. The molecular weight excluding hydrogens is 448 g/mol. The van der Waals surface area contributed by atoms with Crippen molar-refractivity contribution < 1.29 is 38.9 Å². The van der Waals surface area contributed by atoms with Crippen molar-refractivity contribution in [2.45, 2.75) is 35.7 Å². The summed E-state index contributed by atoms with van der Waals surface area (Å²) >= 11 is 1.90. The number of carbonyl (C=O) groups excluding carboxylic acids is 4.